The van der Waals surface area contributed by atoms with Gasteiger partial charge in [-0.2, -0.15) is 0 Å². The lowest BCUT2D eigenvalue weighted by molar-refractivity contribution is 0.163. The Kier molecular flexibility index (Phi) is 9.21. The van der Waals surface area contributed by atoms with E-state index in [1.54, 1.807) is 14.2 Å². The van der Waals surface area contributed by atoms with Gasteiger partial charge in [-0.1, -0.05) is 0 Å². The van der Waals surface area contributed by atoms with Crippen LogP contribution in [0.1, 0.15) is 6.92 Å². The van der Waals surface area contributed by atoms with Crippen LogP contribution in [-0.4, -0.2) is 96.0 Å². The number of hydrogen-bond acceptors (Lipinski definition) is 5. The zero-order valence-electron chi connectivity index (χ0n) is 17.3. The minimum Gasteiger partial charge on any atom is -0.497 e. The molecule has 7 nitrogen and oxygen atoms in total. The topological polar surface area (TPSA) is 52.6 Å². The second kappa shape index (κ2) is 11.7. The fourth-order valence-electron chi connectivity index (χ4n) is 3.08. The van der Waals surface area contributed by atoms with E-state index in [1.807, 2.05) is 12.1 Å². The Bertz CT molecular complexity index is 556. The number of ether oxygens (including phenoxy) is 2. The summed E-state index contributed by atoms with van der Waals surface area (Å²) in [6.07, 6.45) is 0. The Morgan fingerprint density at radius 2 is 1.81 bits per heavy atom. The number of nitrogens with one attached hydrogen (secondary N) is 1. The van der Waals surface area contributed by atoms with Crippen LogP contribution in [0.3, 0.4) is 0 Å². The highest BCUT2D eigenvalue weighted by atomic mass is 16.5. The summed E-state index contributed by atoms with van der Waals surface area (Å²) < 4.78 is 10.4. The smallest absolute Gasteiger partial charge is 0.194 e. The van der Waals surface area contributed by atoms with Crippen molar-refractivity contribution in [2.45, 2.75) is 6.92 Å². The molecule has 1 fully saturated rings. The van der Waals surface area contributed by atoms with Gasteiger partial charge in [0.15, 0.2) is 5.96 Å². The number of likely N-dealkylation sites (N-methyl/N-ethyl adjacent to an activating group) is 1. The van der Waals surface area contributed by atoms with Gasteiger partial charge in [0.2, 0.25) is 0 Å². The van der Waals surface area contributed by atoms with Gasteiger partial charge in [-0.3, -0.25) is 4.99 Å². The maximum absolute atomic E-state index is 5.25. The minimum atomic E-state index is 0.758. The molecule has 0 saturated carbocycles. The SMILES string of the molecule is CCNC(=NCCN(C)CCOC)N1CCN(c2ccc(OC)cc2)CC1. The number of nitrogens with zero attached hydrogens (tertiary/aromatic N) is 4. The number of guanidine groups is 1. The molecule has 0 aliphatic carbocycles. The van der Waals surface area contributed by atoms with Crippen molar-refractivity contribution in [1.82, 2.24) is 15.1 Å². The van der Waals surface area contributed by atoms with E-state index in [1.165, 1.54) is 5.69 Å². The molecule has 0 bridgehead atoms. The molecular formula is C20H35N5O2. The molecule has 1 aromatic carbocycles. The van der Waals surface area contributed by atoms with Gasteiger partial charge in [0.1, 0.15) is 5.75 Å². The van der Waals surface area contributed by atoms with E-state index in [0.29, 0.717) is 0 Å². The van der Waals surface area contributed by atoms with E-state index in [0.717, 1.165) is 70.7 Å². The zero-order chi connectivity index (χ0) is 19.5. The Balaban J connectivity index is 1.85. The summed E-state index contributed by atoms with van der Waals surface area (Å²) in [5.41, 5.74) is 1.25. The van der Waals surface area contributed by atoms with Crippen LogP contribution < -0.4 is 15.0 Å². The highest BCUT2D eigenvalue weighted by molar-refractivity contribution is 5.80. The maximum atomic E-state index is 5.25. The molecule has 27 heavy (non-hydrogen) atoms. The summed E-state index contributed by atoms with van der Waals surface area (Å²) in [7, 11) is 5.54. The number of methoxy groups -OCH3 is 2. The van der Waals surface area contributed by atoms with Crippen LogP contribution >= 0.6 is 0 Å². The van der Waals surface area contributed by atoms with Crippen LogP contribution in [0.2, 0.25) is 0 Å². The van der Waals surface area contributed by atoms with Crippen molar-refractivity contribution in [3.63, 3.8) is 0 Å². The van der Waals surface area contributed by atoms with E-state index < -0.39 is 0 Å². The predicted molar refractivity (Wildman–Crippen MR) is 112 cm³/mol. The van der Waals surface area contributed by atoms with Crippen LogP contribution in [0.4, 0.5) is 5.69 Å². The molecule has 0 spiro atoms. The lowest BCUT2D eigenvalue weighted by Gasteiger charge is -2.37. The number of rotatable bonds is 9. The van der Waals surface area contributed by atoms with Crippen molar-refractivity contribution in [3.05, 3.63) is 24.3 Å². The zero-order valence-corrected chi connectivity index (χ0v) is 17.3. The molecule has 1 N–H and O–H groups in total. The second-order valence-corrected chi connectivity index (χ2v) is 6.70. The van der Waals surface area contributed by atoms with E-state index in [4.69, 9.17) is 14.5 Å². The summed E-state index contributed by atoms with van der Waals surface area (Å²) in [5.74, 6) is 1.92. The van der Waals surface area contributed by atoms with Gasteiger partial charge in [-0.25, -0.2) is 0 Å². The van der Waals surface area contributed by atoms with Crippen molar-refractivity contribution < 1.29 is 9.47 Å². The highest BCUT2D eigenvalue weighted by Gasteiger charge is 2.19. The number of piperazine rings is 1. The minimum absolute atomic E-state index is 0.758. The van der Waals surface area contributed by atoms with Crippen molar-refractivity contribution >= 4 is 11.6 Å². The van der Waals surface area contributed by atoms with Crippen LogP contribution in [0.5, 0.6) is 5.75 Å². The Morgan fingerprint density at radius 3 is 2.41 bits per heavy atom. The van der Waals surface area contributed by atoms with Gasteiger partial charge in [0.05, 0.1) is 20.3 Å². The first kappa shape index (κ1) is 21.3. The van der Waals surface area contributed by atoms with E-state index in [9.17, 15) is 0 Å². The summed E-state index contributed by atoms with van der Waals surface area (Å²) in [4.78, 5) is 11.8. The standard InChI is InChI=1S/C20H35N5O2/c1-5-21-20(22-10-11-23(2)16-17-26-3)25-14-12-24(13-15-25)18-6-8-19(27-4)9-7-18/h6-9H,5,10-17H2,1-4H3,(H,21,22). The first-order valence-corrected chi connectivity index (χ1v) is 9.77. The van der Waals surface area contributed by atoms with Crippen LogP contribution in [0, 0.1) is 0 Å². The molecule has 152 valence electrons. The number of benzene rings is 1. The first-order valence-electron chi connectivity index (χ1n) is 9.77. The molecule has 0 radical (unpaired) electrons. The fraction of sp³-hybridized carbons (Fsp3) is 0.650. The number of anilines is 1. The van der Waals surface area contributed by atoms with E-state index in [2.05, 4.69) is 46.1 Å². The molecule has 1 aliphatic heterocycles. The molecule has 1 heterocycles. The van der Waals surface area contributed by atoms with Crippen molar-refractivity contribution in [2.75, 3.05) is 85.1 Å². The third-order valence-electron chi connectivity index (χ3n) is 4.77. The molecular weight excluding hydrogens is 342 g/mol. The average Bonchev–Trinajstić information content (AvgIpc) is 2.72. The molecule has 1 aliphatic rings. The fourth-order valence-corrected chi connectivity index (χ4v) is 3.08. The summed E-state index contributed by atoms with van der Waals surface area (Å²) in [6.45, 7) is 10.3. The summed E-state index contributed by atoms with van der Waals surface area (Å²) >= 11 is 0. The van der Waals surface area contributed by atoms with Gasteiger partial charge in [-0.05, 0) is 38.2 Å². The van der Waals surface area contributed by atoms with E-state index >= 15 is 0 Å². The van der Waals surface area contributed by atoms with Crippen molar-refractivity contribution in [3.8, 4) is 5.75 Å². The summed E-state index contributed by atoms with van der Waals surface area (Å²) in [5, 5.41) is 3.44. The van der Waals surface area contributed by atoms with Crippen LogP contribution in [-0.2, 0) is 4.74 Å². The molecule has 1 aromatic rings. The summed E-state index contributed by atoms with van der Waals surface area (Å²) in [6, 6.07) is 8.30. The third kappa shape index (κ3) is 6.92. The first-order chi connectivity index (χ1) is 13.2. The molecule has 2 rings (SSSR count). The highest BCUT2D eigenvalue weighted by Crippen LogP contribution is 2.20. The second-order valence-electron chi connectivity index (χ2n) is 6.70. The molecule has 0 atom stereocenters. The van der Waals surface area contributed by atoms with Gasteiger partial charge < -0.3 is 29.5 Å². The molecule has 7 heteroatoms. The molecule has 0 unspecified atom stereocenters. The lowest BCUT2D eigenvalue weighted by Crippen LogP contribution is -2.52. The van der Waals surface area contributed by atoms with Crippen molar-refractivity contribution in [1.29, 1.82) is 0 Å². The lowest BCUT2D eigenvalue weighted by atomic mass is 10.2. The van der Waals surface area contributed by atoms with Gasteiger partial charge in [0, 0.05) is 58.6 Å². The Hall–Kier alpha value is -1.99. The number of aliphatic imine (C=N–C) groups is 1. The van der Waals surface area contributed by atoms with Gasteiger partial charge in [0.25, 0.3) is 0 Å². The average molecular weight is 378 g/mol. The van der Waals surface area contributed by atoms with Crippen molar-refractivity contribution in [2.24, 2.45) is 4.99 Å². The monoisotopic (exact) mass is 377 g/mol. The molecule has 1 saturated heterocycles. The molecule has 0 amide bonds. The largest absolute Gasteiger partial charge is 0.497 e. The van der Waals surface area contributed by atoms with Crippen LogP contribution in [0.25, 0.3) is 0 Å². The van der Waals surface area contributed by atoms with Crippen LogP contribution in [0.15, 0.2) is 29.3 Å². The number of hydrogen-bond donors (Lipinski definition) is 1. The Morgan fingerprint density at radius 1 is 1.11 bits per heavy atom. The molecule has 0 aromatic heterocycles. The quantitative estimate of drug-likeness (QED) is 0.518. The third-order valence-corrected chi connectivity index (χ3v) is 4.77. The maximum Gasteiger partial charge on any atom is 0.194 e. The normalized spacial score (nSPS) is 15.4. The predicted octanol–water partition coefficient (Wildman–Crippen LogP) is 1.36. The van der Waals surface area contributed by atoms with E-state index in [-0.39, 0.29) is 0 Å². The Labute approximate surface area is 163 Å². The van der Waals surface area contributed by atoms with Gasteiger partial charge >= 0.3 is 0 Å². The van der Waals surface area contributed by atoms with Gasteiger partial charge in [-0.15, -0.1) is 0 Å².